The third kappa shape index (κ3) is 4.60. The fourth-order valence-electron chi connectivity index (χ4n) is 3.70. The summed E-state index contributed by atoms with van der Waals surface area (Å²) >= 11 is 9.25. The molecule has 0 radical (unpaired) electrons. The van der Waals surface area contributed by atoms with Gasteiger partial charge < -0.3 is 5.11 Å². The summed E-state index contributed by atoms with van der Waals surface area (Å²) in [6.45, 7) is 0. The number of benzene rings is 3. The fourth-order valence-corrected chi connectivity index (χ4v) is 5.82. The summed E-state index contributed by atoms with van der Waals surface area (Å²) in [7, 11) is 0. The molecule has 0 saturated heterocycles. The predicted octanol–water partition coefficient (Wildman–Crippen LogP) is 7.56. The highest BCUT2D eigenvalue weighted by molar-refractivity contribution is 8.03. The van der Waals surface area contributed by atoms with Crippen LogP contribution in [-0.2, 0) is 5.75 Å². The van der Waals surface area contributed by atoms with Crippen LogP contribution in [0.5, 0.6) is 0 Å². The number of aliphatic hydroxyl groups excluding tert-OH is 1. The molecule has 6 rings (SSSR count). The molecule has 0 bridgehead atoms. The van der Waals surface area contributed by atoms with Gasteiger partial charge in [0, 0.05) is 54.8 Å². The lowest BCUT2D eigenvalue weighted by Crippen LogP contribution is -2.06. The van der Waals surface area contributed by atoms with Crippen LogP contribution >= 0.6 is 35.1 Å². The number of hydrogen-bond acceptors (Lipinski definition) is 5. The second kappa shape index (κ2) is 9.51. The molecule has 4 aromatic rings. The van der Waals surface area contributed by atoms with Crippen molar-refractivity contribution in [3.63, 3.8) is 0 Å². The SMILES string of the molecule is Clc1ccc(-n2cc3c(n2)-c2ccccc2SC3)cc1.O=C1CC(=CO)Sc2ccccc21. The van der Waals surface area contributed by atoms with Crippen LogP contribution in [-0.4, -0.2) is 20.7 Å². The highest BCUT2D eigenvalue weighted by Crippen LogP contribution is 2.40. The van der Waals surface area contributed by atoms with Gasteiger partial charge in [-0.2, -0.15) is 5.10 Å². The monoisotopic (exact) mass is 490 g/mol. The minimum atomic E-state index is 0.0784. The number of halogens is 1. The average Bonchev–Trinajstić information content (AvgIpc) is 3.30. The lowest BCUT2D eigenvalue weighted by molar-refractivity contribution is 0.0990. The lowest BCUT2D eigenvalue weighted by atomic mass is 10.1. The number of carbonyl (C=O) groups is 1. The molecule has 4 nitrogen and oxygen atoms in total. The Hall–Kier alpha value is -2.93. The molecule has 3 aromatic carbocycles. The molecule has 33 heavy (non-hydrogen) atoms. The zero-order valence-corrected chi connectivity index (χ0v) is 19.8. The van der Waals surface area contributed by atoms with E-state index in [4.69, 9.17) is 21.8 Å². The van der Waals surface area contributed by atoms with Crippen LogP contribution in [0, 0.1) is 0 Å². The van der Waals surface area contributed by atoms with Gasteiger partial charge in [0.05, 0.1) is 17.6 Å². The summed E-state index contributed by atoms with van der Waals surface area (Å²) in [5.74, 6) is 1.05. The first-order chi connectivity index (χ1) is 16.1. The minimum Gasteiger partial charge on any atom is -0.515 e. The Labute approximate surface area is 205 Å². The number of aromatic nitrogens is 2. The molecular formula is C26H19ClN2O2S2. The van der Waals surface area contributed by atoms with Gasteiger partial charge in [0.1, 0.15) is 0 Å². The van der Waals surface area contributed by atoms with Crippen molar-refractivity contribution in [3.8, 4) is 16.9 Å². The highest BCUT2D eigenvalue weighted by Gasteiger charge is 2.21. The van der Waals surface area contributed by atoms with Crippen LogP contribution in [0.25, 0.3) is 16.9 Å². The molecule has 0 fully saturated rings. The van der Waals surface area contributed by atoms with Gasteiger partial charge in [0.2, 0.25) is 0 Å². The van der Waals surface area contributed by atoms with Gasteiger partial charge in [-0.15, -0.1) is 11.8 Å². The van der Waals surface area contributed by atoms with Crippen molar-refractivity contribution in [1.29, 1.82) is 0 Å². The maximum absolute atomic E-state index is 11.5. The molecule has 2 aliphatic rings. The first-order valence-electron chi connectivity index (χ1n) is 10.3. The van der Waals surface area contributed by atoms with Crippen molar-refractivity contribution in [2.75, 3.05) is 0 Å². The van der Waals surface area contributed by atoms with E-state index in [1.807, 2.05) is 65.0 Å². The fraction of sp³-hybridized carbons (Fsp3) is 0.0769. The van der Waals surface area contributed by atoms with E-state index in [1.165, 1.54) is 27.8 Å². The number of thioether (sulfide) groups is 2. The molecule has 1 aromatic heterocycles. The van der Waals surface area contributed by atoms with Crippen LogP contribution < -0.4 is 0 Å². The van der Waals surface area contributed by atoms with Crippen molar-refractivity contribution >= 4 is 40.9 Å². The summed E-state index contributed by atoms with van der Waals surface area (Å²) in [5, 5.41) is 14.3. The van der Waals surface area contributed by atoms with Gasteiger partial charge in [-0.25, -0.2) is 4.68 Å². The quantitative estimate of drug-likeness (QED) is 0.279. The van der Waals surface area contributed by atoms with Crippen molar-refractivity contribution in [3.05, 3.63) is 106 Å². The standard InChI is InChI=1S/C16H11ClN2S.C10H8O2S/c17-12-5-7-13(8-6-12)19-9-11-10-20-15-4-2-1-3-14(15)16(11)18-19;11-6-7-5-9(12)8-3-1-2-4-10(8)13-7/h1-9H,10H2;1-4,6,11H,5H2. The molecule has 0 aliphatic carbocycles. The molecular weight excluding hydrogens is 472 g/mol. The van der Waals surface area contributed by atoms with E-state index in [0.29, 0.717) is 11.3 Å². The maximum Gasteiger partial charge on any atom is 0.169 e. The molecule has 164 valence electrons. The number of carbonyl (C=O) groups excluding carboxylic acids is 1. The molecule has 0 amide bonds. The van der Waals surface area contributed by atoms with Crippen LogP contribution in [0.1, 0.15) is 22.3 Å². The Morgan fingerprint density at radius 3 is 2.39 bits per heavy atom. The first kappa shape index (κ1) is 21.9. The van der Waals surface area contributed by atoms with E-state index < -0.39 is 0 Å². The van der Waals surface area contributed by atoms with Gasteiger partial charge in [0.15, 0.2) is 5.78 Å². The zero-order chi connectivity index (χ0) is 22.8. The summed E-state index contributed by atoms with van der Waals surface area (Å²) in [5.41, 5.74) is 5.40. The minimum absolute atomic E-state index is 0.0784. The van der Waals surface area contributed by atoms with Crippen molar-refractivity contribution < 1.29 is 9.90 Å². The molecule has 0 saturated carbocycles. The molecule has 1 N–H and O–H groups in total. The van der Waals surface area contributed by atoms with Crippen LogP contribution in [0.4, 0.5) is 0 Å². The second-order valence-corrected chi connectivity index (χ2v) is 10.1. The number of allylic oxidation sites excluding steroid dienone is 1. The van der Waals surface area contributed by atoms with Gasteiger partial charge in [-0.1, -0.05) is 59.8 Å². The summed E-state index contributed by atoms with van der Waals surface area (Å²) in [4.78, 5) is 14.4. The predicted molar refractivity (Wildman–Crippen MR) is 136 cm³/mol. The Morgan fingerprint density at radius 2 is 1.64 bits per heavy atom. The lowest BCUT2D eigenvalue weighted by Gasteiger charge is -2.15. The number of fused-ring (bicyclic) bond motifs is 4. The van der Waals surface area contributed by atoms with Crippen LogP contribution in [0.2, 0.25) is 5.02 Å². The van der Waals surface area contributed by atoms with E-state index in [1.54, 1.807) is 0 Å². The molecule has 0 spiro atoms. The van der Waals surface area contributed by atoms with E-state index in [0.717, 1.165) is 38.9 Å². The Balaban J connectivity index is 0.000000152. The maximum atomic E-state index is 11.5. The Kier molecular flexibility index (Phi) is 6.31. The number of aliphatic hydroxyl groups is 1. The zero-order valence-electron chi connectivity index (χ0n) is 17.4. The highest BCUT2D eigenvalue weighted by atomic mass is 35.5. The van der Waals surface area contributed by atoms with E-state index in [-0.39, 0.29) is 5.78 Å². The van der Waals surface area contributed by atoms with E-state index in [2.05, 4.69) is 30.5 Å². The first-order valence-corrected chi connectivity index (χ1v) is 12.5. The normalized spacial score (nSPS) is 15.2. The van der Waals surface area contributed by atoms with E-state index in [9.17, 15) is 4.79 Å². The van der Waals surface area contributed by atoms with Crippen molar-refractivity contribution in [2.24, 2.45) is 0 Å². The molecule has 2 aliphatic heterocycles. The van der Waals surface area contributed by atoms with Crippen molar-refractivity contribution in [1.82, 2.24) is 9.78 Å². The van der Waals surface area contributed by atoms with E-state index >= 15 is 0 Å². The summed E-state index contributed by atoms with van der Waals surface area (Å²) in [6, 6.07) is 23.6. The number of Topliss-reactive ketones (excluding diaryl/α,β-unsaturated/α-hetero) is 1. The molecule has 0 atom stereocenters. The third-order valence-corrected chi connectivity index (χ3v) is 7.78. The smallest absolute Gasteiger partial charge is 0.169 e. The Morgan fingerprint density at radius 1 is 0.939 bits per heavy atom. The number of hydrogen-bond donors (Lipinski definition) is 1. The largest absolute Gasteiger partial charge is 0.515 e. The van der Waals surface area contributed by atoms with Crippen LogP contribution in [0.15, 0.2) is 100.0 Å². The van der Waals surface area contributed by atoms with Crippen LogP contribution in [0.3, 0.4) is 0 Å². The number of ketones is 1. The number of nitrogens with zero attached hydrogens (tertiary/aromatic N) is 2. The Bertz CT molecular complexity index is 1360. The molecule has 3 heterocycles. The van der Waals surface area contributed by atoms with Gasteiger partial charge in [-0.3, -0.25) is 4.79 Å². The second-order valence-electron chi connectivity index (χ2n) is 7.50. The number of rotatable bonds is 1. The summed E-state index contributed by atoms with van der Waals surface area (Å²) in [6.07, 6.45) is 3.44. The van der Waals surface area contributed by atoms with Gasteiger partial charge in [0.25, 0.3) is 0 Å². The van der Waals surface area contributed by atoms with Crippen molar-refractivity contribution in [2.45, 2.75) is 22.0 Å². The van der Waals surface area contributed by atoms with Gasteiger partial charge >= 0.3 is 0 Å². The topological polar surface area (TPSA) is 55.1 Å². The molecule has 7 heteroatoms. The third-order valence-electron chi connectivity index (χ3n) is 5.31. The van der Waals surface area contributed by atoms with Gasteiger partial charge in [-0.05, 0) is 36.4 Å². The summed E-state index contributed by atoms with van der Waals surface area (Å²) < 4.78 is 1.93. The average molecular weight is 491 g/mol. The molecule has 0 unspecified atom stereocenters.